The maximum absolute atomic E-state index is 13.2. The van der Waals surface area contributed by atoms with E-state index in [1.54, 1.807) is 49.4 Å². The van der Waals surface area contributed by atoms with Crippen LogP contribution in [-0.4, -0.2) is 23.7 Å². The largest absolute Gasteiger partial charge is 0.491 e. The summed E-state index contributed by atoms with van der Waals surface area (Å²) < 4.78 is 29.7. The minimum Gasteiger partial charge on any atom is -0.491 e. The van der Waals surface area contributed by atoms with Crippen LogP contribution in [0.5, 0.6) is 17.4 Å². The third-order valence-electron chi connectivity index (χ3n) is 4.07. The van der Waals surface area contributed by atoms with Gasteiger partial charge in [-0.3, -0.25) is 4.79 Å². The van der Waals surface area contributed by atoms with Crippen molar-refractivity contribution in [2.75, 3.05) is 6.61 Å². The molecule has 0 aliphatic heterocycles. The van der Waals surface area contributed by atoms with Gasteiger partial charge in [0.15, 0.2) is 0 Å². The number of ether oxygens (including phenoxy) is 3. The number of carbonyl (C=O) groups excluding carboxylic acids is 1. The highest BCUT2D eigenvalue weighted by molar-refractivity contribution is 5.79. The topological polar surface area (TPSA) is 57.7 Å². The second kappa shape index (κ2) is 9.17. The molecule has 0 radical (unpaired) electrons. The van der Waals surface area contributed by atoms with Gasteiger partial charge in [0.25, 0.3) is 0 Å². The number of hydrogen-bond donors (Lipinski definition) is 0. The monoisotopic (exact) mass is 383 g/mol. The van der Waals surface area contributed by atoms with E-state index in [0.29, 0.717) is 47.7 Å². The Balaban J connectivity index is 1.57. The molecule has 1 aromatic heterocycles. The second-order valence-corrected chi connectivity index (χ2v) is 6.33. The molecular formula is C22H22FNO4. The second-order valence-electron chi connectivity index (χ2n) is 6.33. The van der Waals surface area contributed by atoms with Crippen molar-refractivity contribution in [3.8, 4) is 17.4 Å². The molecule has 6 heteroatoms. The van der Waals surface area contributed by atoms with Crippen LogP contribution in [0.3, 0.4) is 0 Å². The molecule has 1 heterocycles. The molecule has 28 heavy (non-hydrogen) atoms. The predicted molar refractivity (Wildman–Crippen MR) is 104 cm³/mol. The molecule has 0 amide bonds. The molecule has 0 saturated carbocycles. The van der Waals surface area contributed by atoms with E-state index in [1.807, 2.05) is 6.92 Å². The summed E-state index contributed by atoms with van der Waals surface area (Å²) in [6.45, 7) is 4.08. The van der Waals surface area contributed by atoms with E-state index in [0.717, 1.165) is 0 Å². The third-order valence-corrected chi connectivity index (χ3v) is 4.07. The SMILES string of the molecule is CCOC(=O)CCC(C)Oc1ccc(Oc2ccc3cc(F)ccc3n2)cc1. The smallest absolute Gasteiger partial charge is 0.305 e. The molecular weight excluding hydrogens is 361 g/mol. The van der Waals surface area contributed by atoms with Gasteiger partial charge in [0.05, 0.1) is 18.2 Å². The Morgan fingerprint density at radius 2 is 1.82 bits per heavy atom. The molecule has 3 aromatic rings. The van der Waals surface area contributed by atoms with E-state index in [2.05, 4.69) is 4.98 Å². The minimum atomic E-state index is -0.296. The summed E-state index contributed by atoms with van der Waals surface area (Å²) in [7, 11) is 0. The van der Waals surface area contributed by atoms with Gasteiger partial charge in [0.2, 0.25) is 5.88 Å². The van der Waals surface area contributed by atoms with E-state index in [4.69, 9.17) is 14.2 Å². The number of halogens is 1. The number of nitrogens with zero attached hydrogens (tertiary/aromatic N) is 1. The van der Waals surface area contributed by atoms with Gasteiger partial charge >= 0.3 is 5.97 Å². The van der Waals surface area contributed by atoms with Crippen molar-refractivity contribution in [2.24, 2.45) is 0 Å². The van der Waals surface area contributed by atoms with Gasteiger partial charge in [-0.2, -0.15) is 0 Å². The van der Waals surface area contributed by atoms with Crippen LogP contribution in [-0.2, 0) is 9.53 Å². The molecule has 1 atom stereocenters. The third kappa shape index (κ3) is 5.42. The maximum atomic E-state index is 13.2. The maximum Gasteiger partial charge on any atom is 0.305 e. The quantitative estimate of drug-likeness (QED) is 0.496. The minimum absolute atomic E-state index is 0.112. The molecule has 0 bridgehead atoms. The summed E-state index contributed by atoms with van der Waals surface area (Å²) >= 11 is 0. The molecule has 5 nitrogen and oxygen atoms in total. The first-order chi connectivity index (χ1) is 13.5. The highest BCUT2D eigenvalue weighted by Crippen LogP contribution is 2.25. The number of rotatable bonds is 8. The molecule has 1 unspecified atom stereocenters. The Hall–Kier alpha value is -3.15. The van der Waals surface area contributed by atoms with Crippen molar-refractivity contribution in [3.63, 3.8) is 0 Å². The first-order valence-electron chi connectivity index (χ1n) is 9.20. The summed E-state index contributed by atoms with van der Waals surface area (Å²) in [5.74, 6) is 1.21. The van der Waals surface area contributed by atoms with Crippen molar-refractivity contribution < 1.29 is 23.4 Å². The van der Waals surface area contributed by atoms with Crippen LogP contribution in [0, 0.1) is 5.82 Å². The lowest BCUT2D eigenvalue weighted by atomic mass is 10.2. The fraction of sp³-hybridized carbons (Fsp3) is 0.273. The Bertz CT molecular complexity index is 943. The Kier molecular flexibility index (Phi) is 6.42. The highest BCUT2D eigenvalue weighted by atomic mass is 19.1. The first kappa shape index (κ1) is 19.6. The average Bonchev–Trinajstić information content (AvgIpc) is 2.68. The number of pyridine rings is 1. The Morgan fingerprint density at radius 1 is 1.07 bits per heavy atom. The van der Waals surface area contributed by atoms with Crippen molar-refractivity contribution in [1.29, 1.82) is 0 Å². The fourth-order valence-electron chi connectivity index (χ4n) is 2.69. The lowest BCUT2D eigenvalue weighted by Gasteiger charge is -2.14. The van der Waals surface area contributed by atoms with Crippen molar-refractivity contribution in [1.82, 2.24) is 4.98 Å². The molecule has 0 aliphatic rings. The Labute approximate surface area is 163 Å². The molecule has 3 rings (SSSR count). The van der Waals surface area contributed by atoms with Crippen molar-refractivity contribution in [3.05, 3.63) is 60.4 Å². The summed E-state index contributed by atoms with van der Waals surface area (Å²) in [4.78, 5) is 15.8. The van der Waals surface area contributed by atoms with Crippen molar-refractivity contribution in [2.45, 2.75) is 32.8 Å². The molecule has 0 N–H and O–H groups in total. The average molecular weight is 383 g/mol. The van der Waals surface area contributed by atoms with E-state index < -0.39 is 0 Å². The molecule has 0 fully saturated rings. The number of carbonyl (C=O) groups is 1. The number of aromatic nitrogens is 1. The van der Waals surface area contributed by atoms with E-state index in [-0.39, 0.29) is 17.9 Å². The van der Waals surface area contributed by atoms with Crippen LogP contribution in [0.4, 0.5) is 4.39 Å². The van der Waals surface area contributed by atoms with E-state index in [9.17, 15) is 9.18 Å². The van der Waals surface area contributed by atoms with Crippen LogP contribution in [0.1, 0.15) is 26.7 Å². The van der Waals surface area contributed by atoms with E-state index in [1.165, 1.54) is 12.1 Å². The summed E-state index contributed by atoms with van der Waals surface area (Å²) in [5, 5.41) is 0.716. The molecule has 146 valence electrons. The van der Waals surface area contributed by atoms with Gasteiger partial charge < -0.3 is 14.2 Å². The summed E-state index contributed by atoms with van der Waals surface area (Å²) in [6.07, 6.45) is 0.797. The van der Waals surface area contributed by atoms with Gasteiger partial charge in [-0.05, 0) is 68.8 Å². The zero-order valence-electron chi connectivity index (χ0n) is 15.9. The molecule has 0 aliphatic carbocycles. The van der Waals surface area contributed by atoms with Gasteiger partial charge in [-0.15, -0.1) is 0 Å². The standard InChI is InChI=1S/C22H22FNO4/c1-3-26-22(25)13-4-15(2)27-18-7-9-19(10-8-18)28-21-12-5-16-14-17(23)6-11-20(16)24-21/h5-12,14-15H,3-4,13H2,1-2H3. The van der Waals surface area contributed by atoms with Crippen LogP contribution in [0.25, 0.3) is 10.9 Å². The van der Waals surface area contributed by atoms with Gasteiger partial charge in [-0.1, -0.05) is 0 Å². The zero-order valence-corrected chi connectivity index (χ0v) is 15.9. The number of hydrogen-bond acceptors (Lipinski definition) is 5. The van der Waals surface area contributed by atoms with Crippen LogP contribution in [0.15, 0.2) is 54.6 Å². The fourth-order valence-corrected chi connectivity index (χ4v) is 2.69. The zero-order chi connectivity index (χ0) is 19.9. The Morgan fingerprint density at radius 3 is 2.57 bits per heavy atom. The van der Waals surface area contributed by atoms with E-state index >= 15 is 0 Å². The van der Waals surface area contributed by atoms with Crippen LogP contribution >= 0.6 is 0 Å². The van der Waals surface area contributed by atoms with Gasteiger partial charge in [0.1, 0.15) is 17.3 Å². The number of esters is 1. The molecule has 0 saturated heterocycles. The van der Waals surface area contributed by atoms with Crippen LogP contribution in [0.2, 0.25) is 0 Å². The van der Waals surface area contributed by atoms with Crippen LogP contribution < -0.4 is 9.47 Å². The predicted octanol–water partition coefficient (Wildman–Crippen LogP) is 5.28. The lowest BCUT2D eigenvalue weighted by molar-refractivity contribution is -0.143. The van der Waals surface area contributed by atoms with Crippen molar-refractivity contribution >= 4 is 16.9 Å². The van der Waals surface area contributed by atoms with Gasteiger partial charge in [-0.25, -0.2) is 9.37 Å². The number of benzene rings is 2. The summed E-state index contributed by atoms with van der Waals surface area (Å²) in [5.41, 5.74) is 0.661. The lowest BCUT2D eigenvalue weighted by Crippen LogP contribution is -2.15. The molecule has 0 spiro atoms. The summed E-state index contributed by atoms with van der Waals surface area (Å²) in [6, 6.07) is 15.0. The normalized spacial score (nSPS) is 11.8. The van der Waals surface area contributed by atoms with Gasteiger partial charge in [0, 0.05) is 17.9 Å². The first-order valence-corrected chi connectivity index (χ1v) is 9.20. The number of fused-ring (bicyclic) bond motifs is 1. The highest BCUT2D eigenvalue weighted by Gasteiger charge is 2.09. The molecule has 2 aromatic carbocycles.